The van der Waals surface area contributed by atoms with Crippen molar-refractivity contribution >= 4 is 21.6 Å². The molecule has 28 heavy (non-hydrogen) atoms. The summed E-state index contributed by atoms with van der Waals surface area (Å²) in [6.07, 6.45) is 1.68. The summed E-state index contributed by atoms with van der Waals surface area (Å²) in [5.74, 6) is -0.225. The number of hydroxylamine groups is 1. The van der Waals surface area contributed by atoms with Crippen molar-refractivity contribution in [1.82, 2.24) is 5.48 Å². The number of nitrogens with one attached hydrogen (secondary N) is 1. The van der Waals surface area contributed by atoms with E-state index in [0.717, 1.165) is 17.1 Å². The Morgan fingerprint density at radius 3 is 2.46 bits per heavy atom. The lowest BCUT2D eigenvalue weighted by molar-refractivity contribution is 0.0707. The molecule has 2 aromatic rings. The van der Waals surface area contributed by atoms with Gasteiger partial charge >= 0.3 is 0 Å². The van der Waals surface area contributed by atoms with Gasteiger partial charge in [-0.25, -0.2) is 13.9 Å². The monoisotopic (exact) mass is 407 g/mol. The van der Waals surface area contributed by atoms with E-state index in [9.17, 15) is 13.2 Å². The van der Waals surface area contributed by atoms with Crippen LogP contribution in [0.4, 0.5) is 5.69 Å². The van der Waals surface area contributed by atoms with Gasteiger partial charge in [0.1, 0.15) is 5.75 Å². The number of amides is 1. The molecule has 4 N–H and O–H groups in total. The zero-order valence-corrected chi connectivity index (χ0v) is 16.7. The summed E-state index contributed by atoms with van der Waals surface area (Å²) < 4.78 is 32.7. The molecule has 9 heteroatoms. The van der Waals surface area contributed by atoms with Crippen molar-refractivity contribution in [2.75, 3.05) is 24.5 Å². The van der Waals surface area contributed by atoms with Crippen LogP contribution >= 0.6 is 0 Å². The second-order valence-corrected chi connectivity index (χ2v) is 8.17. The predicted octanol–water partition coefficient (Wildman–Crippen LogP) is 2.06. The van der Waals surface area contributed by atoms with Crippen molar-refractivity contribution in [2.24, 2.45) is 5.73 Å². The van der Waals surface area contributed by atoms with Crippen LogP contribution in [0, 0.1) is 6.92 Å². The van der Waals surface area contributed by atoms with E-state index in [1.807, 2.05) is 0 Å². The number of hydrogen-bond acceptors (Lipinski definition) is 6. The normalized spacial score (nSPS) is 11.1. The summed E-state index contributed by atoms with van der Waals surface area (Å²) in [4.78, 5) is 12.0. The van der Waals surface area contributed by atoms with Gasteiger partial charge in [-0.05, 0) is 62.2 Å². The van der Waals surface area contributed by atoms with Gasteiger partial charge in [-0.3, -0.25) is 14.3 Å². The highest BCUT2D eigenvalue weighted by molar-refractivity contribution is 7.92. The minimum Gasteiger partial charge on any atom is -0.494 e. The number of carbonyl (C=O) groups excluding carboxylic acids is 1. The fourth-order valence-electron chi connectivity index (χ4n) is 2.74. The minimum atomic E-state index is -3.93. The van der Waals surface area contributed by atoms with E-state index in [1.54, 1.807) is 36.7 Å². The maximum absolute atomic E-state index is 13.0. The number of nitrogens with two attached hydrogens (primary N) is 1. The van der Waals surface area contributed by atoms with Gasteiger partial charge in [0.15, 0.2) is 0 Å². The largest absolute Gasteiger partial charge is 0.494 e. The number of anilines is 1. The molecule has 0 saturated heterocycles. The molecule has 2 rings (SSSR count). The predicted molar refractivity (Wildman–Crippen MR) is 106 cm³/mol. The van der Waals surface area contributed by atoms with Crippen LogP contribution in [-0.2, 0) is 10.0 Å². The van der Waals surface area contributed by atoms with E-state index in [4.69, 9.17) is 15.7 Å². The molecule has 0 aliphatic heterocycles. The molecule has 2 aromatic carbocycles. The van der Waals surface area contributed by atoms with Crippen LogP contribution in [0.2, 0.25) is 0 Å². The first-order valence-electron chi connectivity index (χ1n) is 8.79. The summed E-state index contributed by atoms with van der Waals surface area (Å²) in [5, 5.41) is 8.95. The summed E-state index contributed by atoms with van der Waals surface area (Å²) in [6, 6.07) is 10.8. The Kier molecular flexibility index (Phi) is 7.38. The van der Waals surface area contributed by atoms with Crippen molar-refractivity contribution in [3.05, 3.63) is 53.6 Å². The molecule has 0 bridgehead atoms. The number of hydrogen-bond donors (Lipinski definition) is 3. The number of benzene rings is 2. The maximum atomic E-state index is 13.0. The van der Waals surface area contributed by atoms with E-state index in [0.29, 0.717) is 24.5 Å². The molecule has 1 amide bonds. The number of sulfonamides is 1. The number of para-hydroxylation sites is 1. The third kappa shape index (κ3) is 4.80. The first-order chi connectivity index (χ1) is 13.3. The smallest absolute Gasteiger partial charge is 0.276 e. The van der Waals surface area contributed by atoms with Gasteiger partial charge in [0.25, 0.3) is 15.9 Å². The highest BCUT2D eigenvalue weighted by Gasteiger charge is 2.26. The SMILES string of the molecule is Cc1cccc(C(=O)NO)c1N(C)S(=O)(=O)c1ccc(OCCCCN)cc1. The number of carbonyl (C=O) groups is 1. The summed E-state index contributed by atoms with van der Waals surface area (Å²) >= 11 is 0. The van der Waals surface area contributed by atoms with Crippen molar-refractivity contribution < 1.29 is 23.2 Å². The lowest BCUT2D eigenvalue weighted by Gasteiger charge is -2.23. The Morgan fingerprint density at radius 1 is 1.18 bits per heavy atom. The van der Waals surface area contributed by atoms with Crippen LogP contribution in [0.15, 0.2) is 47.4 Å². The van der Waals surface area contributed by atoms with Gasteiger partial charge in [-0.1, -0.05) is 12.1 Å². The van der Waals surface area contributed by atoms with Gasteiger partial charge < -0.3 is 10.5 Å². The molecule has 0 aromatic heterocycles. The van der Waals surface area contributed by atoms with E-state index < -0.39 is 15.9 Å². The molecule has 152 valence electrons. The Balaban J connectivity index is 2.29. The van der Waals surface area contributed by atoms with Crippen molar-refractivity contribution in [1.29, 1.82) is 0 Å². The minimum absolute atomic E-state index is 0.0495. The van der Waals surface area contributed by atoms with Crippen LogP contribution in [0.25, 0.3) is 0 Å². The zero-order chi connectivity index (χ0) is 20.7. The average Bonchev–Trinajstić information content (AvgIpc) is 2.70. The van der Waals surface area contributed by atoms with E-state index in [-0.39, 0.29) is 16.1 Å². The second-order valence-electron chi connectivity index (χ2n) is 6.20. The molecule has 0 radical (unpaired) electrons. The first-order valence-corrected chi connectivity index (χ1v) is 10.2. The third-order valence-electron chi connectivity index (χ3n) is 4.25. The molecule has 8 nitrogen and oxygen atoms in total. The lowest BCUT2D eigenvalue weighted by atomic mass is 10.1. The van der Waals surface area contributed by atoms with Crippen LogP contribution in [0.3, 0.4) is 0 Å². The van der Waals surface area contributed by atoms with Crippen LogP contribution in [0.1, 0.15) is 28.8 Å². The molecular weight excluding hydrogens is 382 g/mol. The summed E-state index contributed by atoms with van der Waals surface area (Å²) in [7, 11) is -2.56. The molecular formula is C19H25N3O5S. The van der Waals surface area contributed by atoms with Crippen LogP contribution < -0.4 is 20.3 Å². The number of aryl methyl sites for hydroxylation is 1. The number of ether oxygens (including phenoxy) is 1. The Morgan fingerprint density at radius 2 is 1.86 bits per heavy atom. The molecule has 0 fully saturated rings. The van der Waals surface area contributed by atoms with Crippen molar-refractivity contribution in [3.63, 3.8) is 0 Å². The fourth-order valence-corrected chi connectivity index (χ4v) is 4.02. The highest BCUT2D eigenvalue weighted by atomic mass is 32.2. The highest BCUT2D eigenvalue weighted by Crippen LogP contribution is 2.29. The van der Waals surface area contributed by atoms with E-state index in [1.165, 1.54) is 25.2 Å². The lowest BCUT2D eigenvalue weighted by Crippen LogP contribution is -2.30. The Labute approximate surface area is 164 Å². The average molecular weight is 407 g/mol. The Bertz CT molecular complexity index is 914. The topological polar surface area (TPSA) is 122 Å². The number of unbranched alkanes of at least 4 members (excludes halogenated alkanes) is 1. The van der Waals surface area contributed by atoms with Gasteiger partial charge in [0.2, 0.25) is 0 Å². The van der Waals surface area contributed by atoms with Crippen molar-refractivity contribution in [2.45, 2.75) is 24.7 Å². The third-order valence-corrected chi connectivity index (χ3v) is 6.02. The molecule has 0 heterocycles. The molecule has 0 aliphatic carbocycles. The van der Waals surface area contributed by atoms with Gasteiger partial charge in [-0.15, -0.1) is 0 Å². The molecule has 0 unspecified atom stereocenters. The second kappa shape index (κ2) is 9.54. The Hall–Kier alpha value is -2.62. The first kappa shape index (κ1) is 21.7. The van der Waals surface area contributed by atoms with Crippen LogP contribution in [0.5, 0.6) is 5.75 Å². The van der Waals surface area contributed by atoms with E-state index >= 15 is 0 Å². The van der Waals surface area contributed by atoms with Gasteiger partial charge in [0.05, 0.1) is 22.8 Å². The quantitative estimate of drug-likeness (QED) is 0.332. The van der Waals surface area contributed by atoms with Crippen LogP contribution in [-0.4, -0.2) is 39.7 Å². The number of rotatable bonds is 9. The van der Waals surface area contributed by atoms with Crippen molar-refractivity contribution in [3.8, 4) is 5.75 Å². The summed E-state index contributed by atoms with van der Waals surface area (Å²) in [6.45, 7) is 2.79. The standard InChI is InChI=1S/C19H25N3O5S/c1-14-6-5-7-17(19(23)21-24)18(14)22(2)28(25,26)16-10-8-15(9-11-16)27-13-4-3-12-20/h5-11,24H,3-4,12-13,20H2,1-2H3,(H,21,23). The fraction of sp³-hybridized carbons (Fsp3) is 0.316. The van der Waals surface area contributed by atoms with E-state index in [2.05, 4.69) is 0 Å². The molecule has 0 atom stereocenters. The van der Waals surface area contributed by atoms with Gasteiger partial charge in [0, 0.05) is 7.05 Å². The molecule has 0 saturated carbocycles. The number of nitrogens with zero attached hydrogens (tertiary/aromatic N) is 1. The molecule has 0 aliphatic rings. The zero-order valence-electron chi connectivity index (χ0n) is 15.9. The van der Waals surface area contributed by atoms with Gasteiger partial charge in [-0.2, -0.15) is 0 Å². The molecule has 0 spiro atoms. The summed E-state index contributed by atoms with van der Waals surface area (Å²) in [5.41, 5.74) is 7.80. The maximum Gasteiger partial charge on any atom is 0.276 e.